The molecule has 0 saturated heterocycles. The summed E-state index contributed by atoms with van der Waals surface area (Å²) in [7, 11) is 3.51. The van der Waals surface area contributed by atoms with Gasteiger partial charge in [0.15, 0.2) is 0 Å². The number of quaternary nitrogens is 1. The van der Waals surface area contributed by atoms with Crippen molar-refractivity contribution in [3.05, 3.63) is 34.4 Å². The fourth-order valence-corrected chi connectivity index (χ4v) is 3.24. The van der Waals surface area contributed by atoms with Crippen LogP contribution in [-0.2, 0) is 0 Å². The number of rotatable bonds is 6. The molecule has 0 saturated carbocycles. The Labute approximate surface area is 138 Å². The molecule has 8 heteroatoms. The summed E-state index contributed by atoms with van der Waals surface area (Å²) in [6.07, 6.45) is 0. The van der Waals surface area contributed by atoms with E-state index in [1.165, 1.54) is 12.1 Å². The van der Waals surface area contributed by atoms with Gasteiger partial charge in [0, 0.05) is 13.1 Å². The van der Waals surface area contributed by atoms with E-state index in [4.69, 9.17) is 0 Å². The average molecular weight is 331 g/mol. The summed E-state index contributed by atoms with van der Waals surface area (Å²) in [6, 6.07) is 2.76. The second-order valence-corrected chi connectivity index (χ2v) is 5.96. The third kappa shape index (κ3) is 2.19. The zero-order valence-corrected chi connectivity index (χ0v) is 13.6. The van der Waals surface area contributed by atoms with Gasteiger partial charge in [0.1, 0.15) is 13.1 Å². The van der Waals surface area contributed by atoms with Crippen LogP contribution in [0.4, 0.5) is 0 Å². The Morgan fingerprint density at radius 1 is 0.792 bits per heavy atom. The molecular weight excluding hydrogens is 312 g/mol. The van der Waals surface area contributed by atoms with Crippen LogP contribution in [0.2, 0.25) is 0 Å². The molecule has 1 aromatic carbocycles. The predicted octanol–water partition coefficient (Wildman–Crippen LogP) is -0.880. The molecule has 0 atom stereocenters. The molecular formula is C16H19N4O4+. The molecule has 3 N–H and O–H groups in total. The minimum atomic E-state index is -0.534. The maximum Gasteiger partial charge on any atom is 0.354 e. The Kier molecular flexibility index (Phi) is 4.04. The Morgan fingerprint density at radius 3 is 1.58 bits per heavy atom. The van der Waals surface area contributed by atoms with Crippen LogP contribution >= 0.6 is 0 Å². The number of carbonyl (C=O) groups excluding carboxylic acids is 4. The van der Waals surface area contributed by atoms with Crippen LogP contribution in [0.1, 0.15) is 41.4 Å². The van der Waals surface area contributed by atoms with E-state index in [0.717, 1.165) is 0 Å². The van der Waals surface area contributed by atoms with Gasteiger partial charge >= 0.3 is 11.8 Å². The number of amides is 4. The first-order valence-corrected chi connectivity index (χ1v) is 7.76. The first kappa shape index (κ1) is 16.4. The molecule has 0 aromatic heterocycles. The van der Waals surface area contributed by atoms with Gasteiger partial charge in [-0.25, -0.2) is 9.59 Å². The highest BCUT2D eigenvalue weighted by Gasteiger charge is 2.54. The lowest BCUT2D eigenvalue weighted by atomic mass is 10.0. The number of nitrogens with zero attached hydrogens (tertiary/aromatic N) is 1. The fraction of sp³-hybridized carbons (Fsp3) is 0.375. The Hall–Kier alpha value is -2.42. The van der Waals surface area contributed by atoms with Crippen LogP contribution in [0.5, 0.6) is 0 Å². The summed E-state index contributed by atoms with van der Waals surface area (Å²) >= 11 is 0. The van der Waals surface area contributed by atoms with Crippen molar-refractivity contribution in [2.24, 2.45) is 0 Å². The first-order valence-electron chi connectivity index (χ1n) is 7.76. The summed E-state index contributed by atoms with van der Waals surface area (Å²) in [5.74, 6) is -1.71. The molecule has 0 radical (unpaired) electrons. The van der Waals surface area contributed by atoms with Crippen LogP contribution in [-0.4, -0.2) is 68.4 Å². The largest absolute Gasteiger partial charge is 0.354 e. The molecule has 126 valence electrons. The molecule has 8 nitrogen and oxygen atoms in total. The van der Waals surface area contributed by atoms with Crippen LogP contribution < -0.4 is 16.0 Å². The zero-order valence-electron chi connectivity index (χ0n) is 13.6. The molecule has 0 spiro atoms. The fourth-order valence-electron chi connectivity index (χ4n) is 3.24. The van der Waals surface area contributed by atoms with E-state index in [1.54, 1.807) is 14.1 Å². The third-order valence-electron chi connectivity index (χ3n) is 4.60. The van der Waals surface area contributed by atoms with Crippen LogP contribution in [0.15, 0.2) is 12.1 Å². The summed E-state index contributed by atoms with van der Waals surface area (Å²) in [4.78, 5) is 49.6. The monoisotopic (exact) mass is 331 g/mol. The minimum Gasteiger partial charge on any atom is -0.315 e. The normalized spacial score (nSPS) is 17.9. The molecule has 0 unspecified atom stereocenters. The van der Waals surface area contributed by atoms with Gasteiger partial charge in [-0.15, -0.1) is 0 Å². The molecule has 0 fully saturated rings. The maximum atomic E-state index is 13.0. The van der Waals surface area contributed by atoms with Crippen molar-refractivity contribution in [2.75, 3.05) is 40.3 Å². The molecule has 2 aliphatic rings. The highest BCUT2D eigenvalue weighted by molar-refractivity contribution is 6.24. The van der Waals surface area contributed by atoms with Crippen molar-refractivity contribution in [3.63, 3.8) is 0 Å². The molecule has 0 aliphatic carbocycles. The standard InChI is InChI=1S/C16H18N4O4/c1-17-3-5-20(6-4-18-2)15(23)11-7-9-10(8-12(11)16(20)24)14(22)19-13(9)21/h7-8,17-18H,3-6H2,1-2H3/p+1. The number of carbonyl (C=O) groups is 4. The number of benzene rings is 1. The van der Waals surface area contributed by atoms with Gasteiger partial charge in [-0.2, -0.15) is 4.48 Å². The zero-order chi connectivity index (χ0) is 17.5. The molecule has 4 amide bonds. The summed E-state index contributed by atoms with van der Waals surface area (Å²) < 4.78 is -0.338. The SMILES string of the molecule is CNCC[N+]1(CCNC)C(=O)c2cc3c(cc2C1=O)C(=O)NC3=O. The van der Waals surface area contributed by atoms with Crippen molar-refractivity contribution < 1.29 is 23.7 Å². The van der Waals surface area contributed by atoms with E-state index in [9.17, 15) is 19.2 Å². The van der Waals surface area contributed by atoms with Crippen molar-refractivity contribution in [3.8, 4) is 0 Å². The molecule has 2 aliphatic heterocycles. The Balaban J connectivity index is 2.10. The minimum absolute atomic E-state index is 0.155. The number of likely N-dealkylation sites (N-methyl/N-ethyl adjacent to an activating group) is 2. The summed E-state index contributed by atoms with van der Waals surface area (Å²) in [5.41, 5.74) is 0.746. The lowest BCUT2D eigenvalue weighted by Crippen LogP contribution is -2.57. The number of nitrogens with one attached hydrogen (secondary N) is 3. The van der Waals surface area contributed by atoms with Gasteiger partial charge in [-0.05, 0) is 26.2 Å². The average Bonchev–Trinajstić information content (AvgIpc) is 2.96. The highest BCUT2D eigenvalue weighted by atomic mass is 16.2. The van der Waals surface area contributed by atoms with Gasteiger partial charge in [0.25, 0.3) is 11.8 Å². The van der Waals surface area contributed by atoms with Gasteiger partial charge in [-0.3, -0.25) is 14.9 Å². The van der Waals surface area contributed by atoms with Crippen molar-refractivity contribution in [2.45, 2.75) is 0 Å². The van der Waals surface area contributed by atoms with Crippen molar-refractivity contribution in [1.29, 1.82) is 0 Å². The Bertz CT molecular complexity index is 709. The lowest BCUT2D eigenvalue weighted by molar-refractivity contribution is -0.760. The molecule has 2 heterocycles. The molecule has 0 bridgehead atoms. The van der Waals surface area contributed by atoms with Crippen LogP contribution in [0.3, 0.4) is 0 Å². The number of fused-ring (bicyclic) bond motifs is 2. The first-order chi connectivity index (χ1) is 11.5. The number of hydrogen-bond donors (Lipinski definition) is 3. The van der Waals surface area contributed by atoms with E-state index in [-0.39, 0.29) is 38.6 Å². The predicted molar refractivity (Wildman–Crippen MR) is 84.7 cm³/mol. The van der Waals surface area contributed by atoms with Gasteiger partial charge in [0.2, 0.25) is 0 Å². The number of hydrogen-bond acceptors (Lipinski definition) is 6. The lowest BCUT2D eigenvalue weighted by Gasteiger charge is -2.28. The van der Waals surface area contributed by atoms with Gasteiger partial charge in [0.05, 0.1) is 22.3 Å². The van der Waals surface area contributed by atoms with E-state index >= 15 is 0 Å². The van der Waals surface area contributed by atoms with E-state index in [2.05, 4.69) is 16.0 Å². The van der Waals surface area contributed by atoms with Gasteiger partial charge in [-0.1, -0.05) is 0 Å². The quantitative estimate of drug-likeness (QED) is 0.462. The van der Waals surface area contributed by atoms with Crippen LogP contribution in [0, 0.1) is 0 Å². The van der Waals surface area contributed by atoms with Gasteiger partial charge < -0.3 is 10.6 Å². The molecule has 24 heavy (non-hydrogen) atoms. The summed E-state index contributed by atoms with van der Waals surface area (Å²) in [5, 5.41) is 8.11. The van der Waals surface area contributed by atoms with Crippen LogP contribution in [0.25, 0.3) is 0 Å². The molecule has 3 rings (SSSR count). The van der Waals surface area contributed by atoms with Crippen molar-refractivity contribution >= 4 is 23.6 Å². The van der Waals surface area contributed by atoms with Crippen molar-refractivity contribution in [1.82, 2.24) is 16.0 Å². The number of imide groups is 2. The second-order valence-electron chi connectivity index (χ2n) is 5.96. The van der Waals surface area contributed by atoms with E-state index in [0.29, 0.717) is 26.2 Å². The highest BCUT2D eigenvalue weighted by Crippen LogP contribution is 2.33. The smallest absolute Gasteiger partial charge is 0.315 e. The third-order valence-corrected chi connectivity index (χ3v) is 4.60. The Morgan fingerprint density at radius 2 is 1.21 bits per heavy atom. The van der Waals surface area contributed by atoms with E-state index in [1.807, 2.05) is 0 Å². The topological polar surface area (TPSA) is 104 Å². The summed E-state index contributed by atoms with van der Waals surface area (Å²) in [6.45, 7) is 1.62. The maximum absolute atomic E-state index is 13.0. The second kappa shape index (κ2) is 5.90. The molecule has 1 aromatic rings. The van der Waals surface area contributed by atoms with E-state index < -0.39 is 11.8 Å².